The first kappa shape index (κ1) is 9.75. The van der Waals surface area contributed by atoms with Gasteiger partial charge >= 0.3 is 0 Å². The lowest BCUT2D eigenvalue weighted by molar-refractivity contribution is 0.185. The lowest BCUT2D eigenvalue weighted by atomic mass is 10.1. The first-order valence-corrected chi connectivity index (χ1v) is 4.87. The average Bonchev–Trinajstić information content (AvgIpc) is 2.06. The molecule has 1 aromatic carbocycles. The molecule has 1 nitrogen and oxygen atoms in total. The van der Waals surface area contributed by atoms with E-state index in [2.05, 4.69) is 47.1 Å². The normalized spacial score (nSPS) is 12.9. The second kappa shape index (κ2) is 4.63. The first-order chi connectivity index (χ1) is 5.74. The summed E-state index contributed by atoms with van der Waals surface area (Å²) in [7, 11) is 1.71. The lowest BCUT2D eigenvalue weighted by Crippen LogP contribution is -1.88. The summed E-state index contributed by atoms with van der Waals surface area (Å²) in [6, 6.07) is 8.43. The van der Waals surface area contributed by atoms with Gasteiger partial charge in [0.15, 0.2) is 0 Å². The predicted molar refractivity (Wildman–Crippen MR) is 54.5 cm³/mol. The van der Waals surface area contributed by atoms with E-state index in [0.717, 1.165) is 0 Å². The van der Waals surface area contributed by atoms with Crippen molar-refractivity contribution in [2.45, 2.75) is 18.4 Å². The number of alkyl halides is 1. The van der Waals surface area contributed by atoms with Gasteiger partial charge in [0.25, 0.3) is 0 Å². The number of methoxy groups -OCH3 is 1. The van der Waals surface area contributed by atoms with Crippen LogP contribution in [0.4, 0.5) is 0 Å². The van der Waals surface area contributed by atoms with Crippen LogP contribution < -0.4 is 0 Å². The van der Waals surface area contributed by atoms with Gasteiger partial charge in [0.2, 0.25) is 0 Å². The van der Waals surface area contributed by atoms with Gasteiger partial charge in [-0.05, 0) is 18.1 Å². The Bertz CT molecular complexity index is 228. The van der Waals surface area contributed by atoms with Crippen molar-refractivity contribution in [3.63, 3.8) is 0 Å². The molecule has 0 bridgehead atoms. The summed E-state index contributed by atoms with van der Waals surface area (Å²) in [5, 5.41) is 0. The molecular formula is C10H13BrO. The van der Waals surface area contributed by atoms with Gasteiger partial charge in [0.1, 0.15) is 0 Å². The zero-order valence-electron chi connectivity index (χ0n) is 7.38. The molecule has 1 aromatic rings. The number of ether oxygens (including phenoxy) is 1. The molecule has 0 radical (unpaired) electrons. The first-order valence-electron chi connectivity index (χ1n) is 3.96. The molecule has 0 saturated carbocycles. The van der Waals surface area contributed by atoms with Crippen molar-refractivity contribution in [2.75, 3.05) is 7.11 Å². The Morgan fingerprint density at radius 3 is 2.33 bits per heavy atom. The van der Waals surface area contributed by atoms with E-state index >= 15 is 0 Å². The Kier molecular flexibility index (Phi) is 3.76. The molecule has 0 saturated heterocycles. The van der Waals surface area contributed by atoms with Crippen LogP contribution in [0.3, 0.4) is 0 Å². The molecule has 0 aliphatic rings. The maximum Gasteiger partial charge on any atom is 0.0713 e. The lowest BCUT2D eigenvalue weighted by Gasteiger charge is -2.04. The molecule has 66 valence electrons. The van der Waals surface area contributed by atoms with Crippen molar-refractivity contribution in [3.05, 3.63) is 35.4 Å². The topological polar surface area (TPSA) is 9.23 Å². The summed E-state index contributed by atoms with van der Waals surface area (Å²) in [5.74, 6) is 0. The van der Waals surface area contributed by atoms with Gasteiger partial charge in [-0.2, -0.15) is 0 Å². The molecule has 0 aliphatic heterocycles. The van der Waals surface area contributed by atoms with Gasteiger partial charge in [-0.25, -0.2) is 0 Å². The van der Waals surface area contributed by atoms with E-state index in [1.54, 1.807) is 7.11 Å². The molecular weight excluding hydrogens is 216 g/mol. The van der Waals surface area contributed by atoms with Crippen LogP contribution >= 0.6 is 15.9 Å². The molecule has 0 aromatic heterocycles. The average molecular weight is 229 g/mol. The number of halogens is 1. The fraction of sp³-hybridized carbons (Fsp3) is 0.400. The molecule has 0 spiro atoms. The summed E-state index contributed by atoms with van der Waals surface area (Å²) in [4.78, 5) is 0.425. The summed E-state index contributed by atoms with van der Waals surface area (Å²) in [5.41, 5.74) is 2.52. The Hall–Kier alpha value is -0.340. The second-order valence-corrected chi connectivity index (χ2v) is 4.16. The number of hydrogen-bond donors (Lipinski definition) is 0. The van der Waals surface area contributed by atoms with Crippen LogP contribution in [0.2, 0.25) is 0 Å². The van der Waals surface area contributed by atoms with E-state index in [4.69, 9.17) is 4.74 Å². The predicted octanol–water partition coefficient (Wildman–Crippen LogP) is 3.29. The smallest absolute Gasteiger partial charge is 0.0713 e. The van der Waals surface area contributed by atoms with Gasteiger partial charge in [0.05, 0.1) is 6.61 Å². The third kappa shape index (κ3) is 2.61. The van der Waals surface area contributed by atoms with E-state index in [1.165, 1.54) is 11.1 Å². The Morgan fingerprint density at radius 2 is 1.92 bits per heavy atom. The van der Waals surface area contributed by atoms with Crippen molar-refractivity contribution in [3.8, 4) is 0 Å². The van der Waals surface area contributed by atoms with Crippen LogP contribution in [0.1, 0.15) is 22.9 Å². The highest BCUT2D eigenvalue weighted by Crippen LogP contribution is 2.21. The largest absolute Gasteiger partial charge is 0.380 e. The van der Waals surface area contributed by atoms with Crippen LogP contribution in [-0.2, 0) is 11.3 Å². The molecule has 1 unspecified atom stereocenters. The summed E-state index contributed by atoms with van der Waals surface area (Å²) < 4.78 is 5.02. The molecule has 0 aliphatic carbocycles. The SMILES string of the molecule is COCc1ccc(C(C)Br)cc1. The second-order valence-electron chi connectivity index (χ2n) is 2.79. The fourth-order valence-corrected chi connectivity index (χ4v) is 1.35. The van der Waals surface area contributed by atoms with Crippen LogP contribution in [0.5, 0.6) is 0 Å². The van der Waals surface area contributed by atoms with Crippen molar-refractivity contribution < 1.29 is 4.74 Å². The third-order valence-corrected chi connectivity index (χ3v) is 2.28. The molecule has 0 fully saturated rings. The van der Waals surface area contributed by atoms with Gasteiger partial charge in [0, 0.05) is 11.9 Å². The van der Waals surface area contributed by atoms with E-state index in [-0.39, 0.29) is 0 Å². The van der Waals surface area contributed by atoms with E-state index in [9.17, 15) is 0 Å². The Balaban J connectivity index is 2.71. The van der Waals surface area contributed by atoms with Gasteiger partial charge in [-0.3, -0.25) is 0 Å². The minimum atomic E-state index is 0.425. The Labute approximate surface area is 81.9 Å². The van der Waals surface area contributed by atoms with Crippen molar-refractivity contribution in [2.24, 2.45) is 0 Å². The summed E-state index contributed by atoms with van der Waals surface area (Å²) >= 11 is 3.51. The van der Waals surface area contributed by atoms with Crippen molar-refractivity contribution >= 4 is 15.9 Å². The molecule has 2 heteroatoms. The van der Waals surface area contributed by atoms with Crippen molar-refractivity contribution in [1.82, 2.24) is 0 Å². The van der Waals surface area contributed by atoms with Gasteiger partial charge < -0.3 is 4.74 Å². The summed E-state index contributed by atoms with van der Waals surface area (Å²) in [6.07, 6.45) is 0. The maximum absolute atomic E-state index is 5.02. The monoisotopic (exact) mass is 228 g/mol. The number of hydrogen-bond acceptors (Lipinski definition) is 1. The van der Waals surface area contributed by atoms with Gasteiger partial charge in [-0.15, -0.1) is 0 Å². The molecule has 1 atom stereocenters. The Morgan fingerprint density at radius 1 is 1.33 bits per heavy atom. The fourth-order valence-electron chi connectivity index (χ4n) is 1.05. The van der Waals surface area contributed by atoms with Gasteiger partial charge in [-0.1, -0.05) is 40.2 Å². The van der Waals surface area contributed by atoms with E-state index in [1.807, 2.05) is 0 Å². The highest BCUT2D eigenvalue weighted by Gasteiger charge is 1.99. The highest BCUT2D eigenvalue weighted by molar-refractivity contribution is 9.09. The minimum absolute atomic E-state index is 0.425. The maximum atomic E-state index is 5.02. The molecule has 0 N–H and O–H groups in total. The molecule has 0 heterocycles. The standard InChI is InChI=1S/C10H13BrO/c1-8(11)10-5-3-9(4-6-10)7-12-2/h3-6,8H,7H2,1-2H3. The van der Waals surface area contributed by atoms with Crippen LogP contribution in [0.25, 0.3) is 0 Å². The minimum Gasteiger partial charge on any atom is -0.380 e. The van der Waals surface area contributed by atoms with Crippen LogP contribution in [0, 0.1) is 0 Å². The zero-order valence-corrected chi connectivity index (χ0v) is 8.97. The van der Waals surface area contributed by atoms with Crippen molar-refractivity contribution in [1.29, 1.82) is 0 Å². The molecule has 1 rings (SSSR count). The number of rotatable bonds is 3. The van der Waals surface area contributed by atoms with Crippen LogP contribution in [-0.4, -0.2) is 7.11 Å². The molecule has 0 amide bonds. The zero-order chi connectivity index (χ0) is 8.97. The van der Waals surface area contributed by atoms with E-state index in [0.29, 0.717) is 11.4 Å². The summed E-state index contributed by atoms with van der Waals surface area (Å²) in [6.45, 7) is 2.81. The third-order valence-electron chi connectivity index (χ3n) is 1.75. The van der Waals surface area contributed by atoms with E-state index < -0.39 is 0 Å². The number of benzene rings is 1. The quantitative estimate of drug-likeness (QED) is 0.722. The highest BCUT2D eigenvalue weighted by atomic mass is 79.9. The van der Waals surface area contributed by atoms with Crippen LogP contribution in [0.15, 0.2) is 24.3 Å². The molecule has 12 heavy (non-hydrogen) atoms.